The van der Waals surface area contributed by atoms with Crippen LogP contribution in [0.5, 0.6) is 0 Å². The Balaban J connectivity index is 3.38. The lowest BCUT2D eigenvalue weighted by atomic mass is 9.99. The molecule has 0 aliphatic carbocycles. The van der Waals surface area contributed by atoms with Gasteiger partial charge in [0, 0.05) is 21.3 Å². The molecule has 7 atom stereocenters. The molecular weight excluding hydrogens is 612 g/mol. The van der Waals surface area contributed by atoms with E-state index in [2.05, 4.69) is 65.7 Å². The minimum atomic E-state index is -2.17. The highest BCUT2D eigenvalue weighted by Crippen LogP contribution is 2.39. The highest BCUT2D eigenvalue weighted by Gasteiger charge is 2.48. The van der Waals surface area contributed by atoms with Crippen LogP contribution in [-0.2, 0) is 32.9 Å². The van der Waals surface area contributed by atoms with E-state index in [0.29, 0.717) is 6.42 Å². The van der Waals surface area contributed by atoms with Crippen molar-refractivity contribution < 1.29 is 32.9 Å². The number of allylic oxidation sites excluding steroid dienone is 3. The van der Waals surface area contributed by atoms with Crippen LogP contribution in [0, 0.1) is 0 Å². The average molecular weight is 657 g/mol. The maximum atomic E-state index is 11.3. The number of hydrogen-bond acceptors (Lipinski definition) is 7. The van der Waals surface area contributed by atoms with Gasteiger partial charge in [-0.05, 0) is 82.4 Å². The zero-order valence-corrected chi connectivity index (χ0v) is 27.4. The first kappa shape index (κ1) is 33.9. The SMILES string of the molecule is CO[C@@H]1[C@@H](OC)[C@H](C)O[C@@H](O[C@@H](C/C=C/C=C/C(C)=O)[C@@H](C=C(Br)Br)O[Si](C)(C)C(C)(C)C)[C@@H]1OC. The van der Waals surface area contributed by atoms with Gasteiger partial charge in [0.05, 0.1) is 21.7 Å². The number of halogens is 2. The van der Waals surface area contributed by atoms with Crippen LogP contribution in [0.2, 0.25) is 18.1 Å². The maximum absolute atomic E-state index is 11.3. The third kappa shape index (κ3) is 10.2. The second kappa shape index (κ2) is 15.4. The molecule has 0 aromatic rings. The normalized spacial score (nSPS) is 27.4. The van der Waals surface area contributed by atoms with E-state index in [1.165, 1.54) is 13.0 Å². The van der Waals surface area contributed by atoms with Crippen molar-refractivity contribution in [1.82, 2.24) is 0 Å². The van der Waals surface area contributed by atoms with Crippen LogP contribution in [0.3, 0.4) is 0 Å². The van der Waals surface area contributed by atoms with Crippen LogP contribution in [0.25, 0.3) is 0 Å². The lowest BCUT2D eigenvalue weighted by Gasteiger charge is -2.46. The molecule has 1 heterocycles. The standard InChI is InChI=1S/C26H44Br2O7Si/c1-17(29)14-12-11-13-15-19(20(16-21(27)28)35-36(9,10)26(3,4)5)34-25-24(32-8)23(31-7)22(30-6)18(2)33-25/h11-14,16,18-20,22-25H,15H2,1-10H3/b13-11+,14-12+/t18-,19-,20+,22-,23+,24+,25-/m0/s1. The Hall–Kier alpha value is -0.173. The van der Waals surface area contributed by atoms with Gasteiger partial charge in [-0.3, -0.25) is 4.79 Å². The molecule has 0 aromatic heterocycles. The van der Waals surface area contributed by atoms with Crippen molar-refractivity contribution in [3.05, 3.63) is 33.8 Å². The number of hydrogen-bond donors (Lipinski definition) is 0. The molecule has 1 saturated heterocycles. The minimum absolute atomic E-state index is 0.000242. The summed E-state index contributed by atoms with van der Waals surface area (Å²) in [5.41, 5.74) is 0. The van der Waals surface area contributed by atoms with Crippen molar-refractivity contribution in [2.24, 2.45) is 0 Å². The first-order chi connectivity index (χ1) is 16.7. The van der Waals surface area contributed by atoms with E-state index in [1.807, 2.05) is 25.2 Å². The smallest absolute Gasteiger partial charge is 0.193 e. The van der Waals surface area contributed by atoms with Gasteiger partial charge in [-0.25, -0.2) is 0 Å². The monoisotopic (exact) mass is 654 g/mol. The number of rotatable bonds is 13. The van der Waals surface area contributed by atoms with E-state index < -0.39 is 32.9 Å². The Bertz CT molecular complexity index is 775. The molecule has 1 aliphatic rings. The minimum Gasteiger partial charge on any atom is -0.408 e. The second-order valence-electron chi connectivity index (χ2n) is 10.4. The quantitative estimate of drug-likeness (QED) is 0.131. The van der Waals surface area contributed by atoms with Gasteiger partial charge in [-0.2, -0.15) is 0 Å². The van der Waals surface area contributed by atoms with Gasteiger partial charge in [0.15, 0.2) is 20.4 Å². The summed E-state index contributed by atoms with van der Waals surface area (Å²) in [5.74, 6) is -0.0106. The van der Waals surface area contributed by atoms with Crippen LogP contribution in [0.4, 0.5) is 0 Å². The van der Waals surface area contributed by atoms with Crippen LogP contribution < -0.4 is 0 Å². The van der Waals surface area contributed by atoms with Gasteiger partial charge < -0.3 is 28.1 Å². The topological polar surface area (TPSA) is 72.5 Å². The summed E-state index contributed by atoms with van der Waals surface area (Å²) in [5, 5.41) is 0.000242. The highest BCUT2D eigenvalue weighted by atomic mass is 79.9. The fourth-order valence-electron chi connectivity index (χ4n) is 3.70. The molecule has 0 N–H and O–H groups in total. The van der Waals surface area contributed by atoms with Gasteiger partial charge >= 0.3 is 0 Å². The highest BCUT2D eigenvalue weighted by molar-refractivity contribution is 9.28. The number of carbonyl (C=O) groups is 1. The summed E-state index contributed by atoms with van der Waals surface area (Å²) in [6.07, 6.45) is 6.55. The van der Waals surface area contributed by atoms with Gasteiger partial charge in [-0.1, -0.05) is 39.0 Å². The molecule has 0 unspecified atom stereocenters. The Morgan fingerprint density at radius 1 is 1.03 bits per heavy atom. The van der Waals surface area contributed by atoms with Crippen molar-refractivity contribution in [1.29, 1.82) is 0 Å². The molecule has 36 heavy (non-hydrogen) atoms. The zero-order valence-electron chi connectivity index (χ0n) is 23.2. The molecule has 0 saturated carbocycles. The lowest BCUT2D eigenvalue weighted by molar-refractivity contribution is -0.318. The average Bonchev–Trinajstić information content (AvgIpc) is 2.75. The summed E-state index contributed by atoms with van der Waals surface area (Å²) in [6.45, 7) is 14.5. The molecule has 1 rings (SSSR count). The third-order valence-electron chi connectivity index (χ3n) is 6.69. The Morgan fingerprint density at radius 2 is 1.61 bits per heavy atom. The summed E-state index contributed by atoms with van der Waals surface area (Å²) in [7, 11) is 2.70. The largest absolute Gasteiger partial charge is 0.408 e. The predicted octanol–water partition coefficient (Wildman–Crippen LogP) is 6.27. The van der Waals surface area contributed by atoms with Crippen molar-refractivity contribution in [3.8, 4) is 0 Å². The number of carbonyl (C=O) groups excluding carboxylic acids is 1. The molecule has 0 amide bonds. The van der Waals surface area contributed by atoms with Crippen LogP contribution in [-0.4, -0.2) is 78.3 Å². The molecule has 1 fully saturated rings. The van der Waals surface area contributed by atoms with Crippen LogP contribution in [0.1, 0.15) is 41.0 Å². The van der Waals surface area contributed by atoms with E-state index in [4.69, 9.17) is 28.1 Å². The van der Waals surface area contributed by atoms with Crippen molar-refractivity contribution in [3.63, 3.8) is 0 Å². The van der Waals surface area contributed by atoms with E-state index in [9.17, 15) is 4.79 Å². The molecule has 10 heteroatoms. The van der Waals surface area contributed by atoms with E-state index in [1.54, 1.807) is 27.4 Å². The fraction of sp³-hybridized carbons (Fsp3) is 0.731. The number of ketones is 1. The Morgan fingerprint density at radius 3 is 2.08 bits per heavy atom. The maximum Gasteiger partial charge on any atom is 0.193 e. The number of methoxy groups -OCH3 is 3. The van der Waals surface area contributed by atoms with Gasteiger partial charge in [0.25, 0.3) is 0 Å². The second-order valence-corrected chi connectivity index (χ2v) is 17.9. The third-order valence-corrected chi connectivity index (χ3v) is 11.7. The summed E-state index contributed by atoms with van der Waals surface area (Å²) < 4.78 is 37.6. The van der Waals surface area contributed by atoms with Crippen molar-refractivity contribution in [2.45, 2.75) is 102 Å². The van der Waals surface area contributed by atoms with Crippen molar-refractivity contribution in [2.75, 3.05) is 21.3 Å². The van der Waals surface area contributed by atoms with Gasteiger partial charge in [0.2, 0.25) is 0 Å². The van der Waals surface area contributed by atoms with Gasteiger partial charge in [0.1, 0.15) is 18.3 Å². The summed E-state index contributed by atoms with van der Waals surface area (Å²) in [6, 6.07) is 0. The van der Waals surface area contributed by atoms with Gasteiger partial charge in [-0.15, -0.1) is 0 Å². The predicted molar refractivity (Wildman–Crippen MR) is 153 cm³/mol. The van der Waals surface area contributed by atoms with E-state index in [0.717, 1.165) is 3.39 Å². The first-order valence-corrected chi connectivity index (χ1v) is 16.6. The van der Waals surface area contributed by atoms with E-state index in [-0.39, 0.29) is 29.1 Å². The fourth-order valence-corrected chi connectivity index (χ4v) is 5.48. The van der Waals surface area contributed by atoms with E-state index >= 15 is 0 Å². The molecule has 0 spiro atoms. The van der Waals surface area contributed by atoms with Crippen LogP contribution in [0.15, 0.2) is 33.8 Å². The lowest BCUT2D eigenvalue weighted by Crippen LogP contribution is -2.60. The van der Waals surface area contributed by atoms with Crippen molar-refractivity contribution >= 4 is 46.0 Å². The molecule has 7 nitrogen and oxygen atoms in total. The summed E-state index contributed by atoms with van der Waals surface area (Å²) >= 11 is 7.01. The molecule has 1 aliphatic heterocycles. The molecular formula is C26H44Br2O7Si. The number of ether oxygens (including phenoxy) is 5. The van der Waals surface area contributed by atoms with Crippen LogP contribution >= 0.6 is 31.9 Å². The zero-order chi connectivity index (χ0) is 27.7. The molecule has 208 valence electrons. The first-order valence-electron chi connectivity index (χ1n) is 12.1. The molecule has 0 aromatic carbocycles. The molecule has 0 radical (unpaired) electrons. The Labute approximate surface area is 235 Å². The summed E-state index contributed by atoms with van der Waals surface area (Å²) in [4.78, 5) is 11.3. The molecule has 0 bridgehead atoms. The Kier molecular flexibility index (Phi) is 14.5.